The summed E-state index contributed by atoms with van der Waals surface area (Å²) in [5.74, 6) is 1.60. The monoisotopic (exact) mass is 491 g/mol. The Labute approximate surface area is 213 Å². The summed E-state index contributed by atoms with van der Waals surface area (Å²) >= 11 is 1.70. The van der Waals surface area contributed by atoms with Crippen LogP contribution in [0.2, 0.25) is 0 Å². The highest BCUT2D eigenvalue weighted by Gasteiger charge is 2.57. The Morgan fingerprint density at radius 1 is 1.03 bits per heavy atom. The van der Waals surface area contributed by atoms with Gasteiger partial charge in [0.25, 0.3) is 5.91 Å². The number of amides is 1. The van der Waals surface area contributed by atoms with Crippen molar-refractivity contribution < 1.29 is 14.3 Å². The van der Waals surface area contributed by atoms with Crippen LogP contribution in [0.15, 0.2) is 76.5 Å². The second-order valence-electron chi connectivity index (χ2n) is 10.5. The Bertz CT molecular complexity index is 1030. The van der Waals surface area contributed by atoms with Crippen LogP contribution in [0.1, 0.15) is 62.7 Å². The van der Waals surface area contributed by atoms with Crippen LogP contribution in [0.5, 0.6) is 0 Å². The number of esters is 1. The summed E-state index contributed by atoms with van der Waals surface area (Å²) in [6.45, 7) is 4.72. The van der Waals surface area contributed by atoms with Gasteiger partial charge >= 0.3 is 5.97 Å². The molecule has 3 aliphatic carbocycles. The Hall–Kier alpha value is -2.53. The number of allylic oxidation sites excluding steroid dienone is 2. The fourth-order valence-corrected chi connectivity index (χ4v) is 6.59. The minimum absolute atomic E-state index is 0.0273. The molecule has 2 aromatic carbocycles. The number of hydrogen-bond donors (Lipinski definition) is 1. The first kappa shape index (κ1) is 25.6. The molecule has 4 atom stereocenters. The summed E-state index contributed by atoms with van der Waals surface area (Å²) in [4.78, 5) is 26.8. The highest BCUT2D eigenvalue weighted by molar-refractivity contribution is 7.99. The zero-order chi connectivity index (χ0) is 24.8. The first-order valence-corrected chi connectivity index (χ1v) is 13.6. The molecule has 3 aliphatic rings. The van der Waals surface area contributed by atoms with Gasteiger partial charge in [-0.05, 0) is 91.7 Å². The molecule has 35 heavy (non-hydrogen) atoms. The summed E-state index contributed by atoms with van der Waals surface area (Å²) in [7, 11) is 1.43. The maximum Gasteiger partial charge on any atom is 0.305 e. The first-order valence-electron chi connectivity index (χ1n) is 12.7. The summed E-state index contributed by atoms with van der Waals surface area (Å²) in [5, 5.41) is 3.43. The van der Waals surface area contributed by atoms with Crippen LogP contribution >= 0.6 is 11.8 Å². The largest absolute Gasteiger partial charge is 0.469 e. The molecule has 3 fully saturated rings. The minimum Gasteiger partial charge on any atom is -0.469 e. The molecule has 186 valence electrons. The molecule has 0 unspecified atom stereocenters. The van der Waals surface area contributed by atoms with Crippen LogP contribution in [0, 0.1) is 23.2 Å². The molecule has 2 bridgehead atoms. The van der Waals surface area contributed by atoms with E-state index in [4.69, 9.17) is 4.74 Å². The van der Waals surface area contributed by atoms with Crippen molar-refractivity contribution in [3.8, 4) is 0 Å². The summed E-state index contributed by atoms with van der Waals surface area (Å²) in [6, 6.07) is 18.4. The molecule has 1 N–H and O–H groups in total. The minimum atomic E-state index is -0.150. The lowest BCUT2D eigenvalue weighted by atomic mass is 9.44. The van der Waals surface area contributed by atoms with Crippen LogP contribution in [-0.4, -0.2) is 25.0 Å². The smallest absolute Gasteiger partial charge is 0.305 e. The third-order valence-corrected chi connectivity index (χ3v) is 9.07. The zero-order valence-electron chi connectivity index (χ0n) is 21.0. The molecule has 0 spiro atoms. The van der Waals surface area contributed by atoms with Crippen molar-refractivity contribution in [1.82, 2.24) is 5.32 Å². The second kappa shape index (κ2) is 11.5. The molecule has 1 amide bonds. The Morgan fingerprint density at radius 2 is 1.74 bits per heavy atom. The van der Waals surface area contributed by atoms with Crippen molar-refractivity contribution in [3.05, 3.63) is 72.3 Å². The van der Waals surface area contributed by atoms with Crippen molar-refractivity contribution >= 4 is 23.6 Å². The van der Waals surface area contributed by atoms with Crippen LogP contribution < -0.4 is 5.32 Å². The number of ether oxygens (including phenoxy) is 1. The van der Waals surface area contributed by atoms with E-state index in [0.717, 1.165) is 42.1 Å². The lowest BCUT2D eigenvalue weighted by Gasteiger charge is -2.62. The van der Waals surface area contributed by atoms with Gasteiger partial charge in [0.15, 0.2) is 0 Å². The lowest BCUT2D eigenvalue weighted by Crippen LogP contribution is -2.63. The molecule has 3 saturated carbocycles. The van der Waals surface area contributed by atoms with E-state index in [1.165, 1.54) is 18.4 Å². The van der Waals surface area contributed by atoms with Gasteiger partial charge in [0.05, 0.1) is 7.11 Å². The van der Waals surface area contributed by atoms with Gasteiger partial charge in [-0.15, -0.1) is 0 Å². The van der Waals surface area contributed by atoms with Crippen LogP contribution in [-0.2, 0) is 9.53 Å². The summed E-state index contributed by atoms with van der Waals surface area (Å²) in [5.41, 5.74) is 1.01. The molecule has 2 aromatic rings. The third kappa shape index (κ3) is 6.19. The maximum absolute atomic E-state index is 13.2. The van der Waals surface area contributed by atoms with Gasteiger partial charge in [-0.25, -0.2) is 0 Å². The number of rotatable bonds is 10. The van der Waals surface area contributed by atoms with Gasteiger partial charge < -0.3 is 10.1 Å². The Balaban J connectivity index is 1.35. The van der Waals surface area contributed by atoms with Crippen molar-refractivity contribution in [2.75, 3.05) is 7.11 Å². The summed E-state index contributed by atoms with van der Waals surface area (Å²) < 4.78 is 4.70. The fourth-order valence-electron chi connectivity index (χ4n) is 5.76. The van der Waals surface area contributed by atoms with E-state index in [1.54, 1.807) is 11.8 Å². The molecular formula is C30H37NO3S. The molecule has 5 heteroatoms. The number of hydrogen-bond acceptors (Lipinski definition) is 4. The standard InChI is InChI=1S/C30H37NO3S/c1-30(2)23-19-22(11-7-4-5-10-14-27(32)34-3)28(26(30)20-23)31-29(33)21-15-17-25(18-16-21)35-24-12-8-6-9-13-24/h4,6-9,12-13,15-18,22-23,26,28H,5,10-11,14,19-20H2,1-3H3,(H,31,33)/t22-,23-,26-,28+/m0/s1. The van der Waals surface area contributed by atoms with Crippen LogP contribution in [0.4, 0.5) is 0 Å². The fraction of sp³-hybridized carbons (Fsp3) is 0.467. The second-order valence-corrected chi connectivity index (χ2v) is 11.6. The molecule has 0 aromatic heterocycles. The predicted molar refractivity (Wildman–Crippen MR) is 141 cm³/mol. The van der Waals surface area contributed by atoms with E-state index in [1.807, 2.05) is 42.5 Å². The quantitative estimate of drug-likeness (QED) is 0.223. The van der Waals surface area contributed by atoms with Gasteiger partial charge in [0.1, 0.15) is 0 Å². The molecule has 5 rings (SSSR count). The van der Waals surface area contributed by atoms with Gasteiger partial charge in [0.2, 0.25) is 0 Å². The number of fused-ring (bicyclic) bond motifs is 2. The van der Waals surface area contributed by atoms with E-state index < -0.39 is 0 Å². The van der Waals surface area contributed by atoms with Crippen molar-refractivity contribution in [2.24, 2.45) is 23.2 Å². The van der Waals surface area contributed by atoms with Crippen LogP contribution in [0.25, 0.3) is 0 Å². The van der Waals surface area contributed by atoms with E-state index >= 15 is 0 Å². The molecule has 0 aliphatic heterocycles. The van der Waals surface area contributed by atoms with E-state index in [-0.39, 0.29) is 23.3 Å². The van der Waals surface area contributed by atoms with Gasteiger partial charge in [-0.2, -0.15) is 0 Å². The number of carbonyl (C=O) groups is 2. The average molecular weight is 492 g/mol. The van der Waals surface area contributed by atoms with Crippen molar-refractivity contribution in [1.29, 1.82) is 0 Å². The van der Waals surface area contributed by atoms with Gasteiger partial charge in [0, 0.05) is 27.8 Å². The third-order valence-electron chi connectivity index (χ3n) is 8.05. The number of benzene rings is 2. The zero-order valence-corrected chi connectivity index (χ0v) is 21.9. The van der Waals surface area contributed by atoms with Crippen molar-refractivity contribution in [3.63, 3.8) is 0 Å². The molecule has 4 nitrogen and oxygen atoms in total. The van der Waals surface area contributed by atoms with Gasteiger partial charge in [-0.3, -0.25) is 9.59 Å². The maximum atomic E-state index is 13.2. The molecule has 0 radical (unpaired) electrons. The lowest BCUT2D eigenvalue weighted by molar-refractivity contribution is -0.140. The van der Waals surface area contributed by atoms with Crippen molar-refractivity contribution in [2.45, 2.75) is 68.2 Å². The SMILES string of the molecule is COC(=O)CCCC=CC[C@H]1C[C@H]2C[C@@H]([C@@H]1NC(=O)c1ccc(Sc3ccccc3)cc1)C2(C)C. The molecule has 0 heterocycles. The van der Waals surface area contributed by atoms with E-state index in [0.29, 0.717) is 18.3 Å². The first-order chi connectivity index (χ1) is 16.9. The normalized spacial score (nSPS) is 24.5. The Morgan fingerprint density at radius 3 is 2.43 bits per heavy atom. The number of carbonyl (C=O) groups excluding carboxylic acids is 2. The van der Waals surface area contributed by atoms with Gasteiger partial charge in [-0.1, -0.05) is 56.0 Å². The number of nitrogens with one attached hydrogen (secondary N) is 1. The number of methoxy groups -OCH3 is 1. The number of unbranched alkanes of at least 4 members (excludes halogenated alkanes) is 1. The predicted octanol–water partition coefficient (Wildman–Crippen LogP) is 6.91. The van der Waals surface area contributed by atoms with E-state index in [2.05, 4.69) is 43.4 Å². The topological polar surface area (TPSA) is 55.4 Å². The highest BCUT2D eigenvalue weighted by atomic mass is 32.2. The van der Waals surface area contributed by atoms with Crippen LogP contribution in [0.3, 0.4) is 0 Å². The molecular weight excluding hydrogens is 454 g/mol. The Kier molecular flexibility index (Phi) is 8.38. The average Bonchev–Trinajstić information content (AvgIpc) is 2.87. The highest BCUT2D eigenvalue weighted by Crippen LogP contribution is 2.61. The summed E-state index contributed by atoms with van der Waals surface area (Å²) in [6.07, 6.45) is 9.92. The molecule has 0 saturated heterocycles. The van der Waals surface area contributed by atoms with E-state index in [9.17, 15) is 9.59 Å².